The van der Waals surface area contributed by atoms with Crippen LogP contribution in [-0.2, 0) is 16.6 Å². The average Bonchev–Trinajstić information content (AvgIpc) is 3.37. The minimum absolute atomic E-state index is 0.0467. The van der Waals surface area contributed by atoms with E-state index >= 15 is 4.39 Å². The lowest BCUT2D eigenvalue weighted by molar-refractivity contribution is 0.279. The Labute approximate surface area is 206 Å². The largest absolute Gasteiger partial charge is 0.371 e. The third-order valence-corrected chi connectivity index (χ3v) is 9.97. The molecule has 0 radical (unpaired) electrons. The van der Waals surface area contributed by atoms with Crippen LogP contribution in [0.15, 0.2) is 61.2 Å². The highest BCUT2D eigenvalue weighted by molar-refractivity contribution is 7.89. The molecule has 9 heteroatoms. The number of aromatic nitrogens is 3. The maximum atomic E-state index is 15.3. The van der Waals surface area contributed by atoms with E-state index in [1.165, 1.54) is 4.31 Å². The summed E-state index contributed by atoms with van der Waals surface area (Å²) in [6.45, 7) is 5.75. The summed E-state index contributed by atoms with van der Waals surface area (Å²) in [6, 6.07) is 14.7. The van der Waals surface area contributed by atoms with E-state index in [4.69, 9.17) is 0 Å². The maximum Gasteiger partial charge on any atom is 0.221 e. The molecule has 2 aliphatic rings. The third kappa shape index (κ3) is 4.71. The monoisotopic (exact) mass is 497 g/mol. The molecule has 7 nitrogen and oxygen atoms in total. The van der Waals surface area contributed by atoms with Crippen molar-refractivity contribution in [2.75, 3.05) is 18.0 Å². The van der Waals surface area contributed by atoms with Gasteiger partial charge in [-0.05, 0) is 49.8 Å². The zero-order chi connectivity index (χ0) is 24.6. The summed E-state index contributed by atoms with van der Waals surface area (Å²) < 4.78 is 45.8. The lowest BCUT2D eigenvalue weighted by Crippen LogP contribution is -2.44. The van der Waals surface area contributed by atoms with Crippen molar-refractivity contribution in [2.24, 2.45) is 5.92 Å². The minimum Gasteiger partial charge on any atom is -0.371 e. The smallest absolute Gasteiger partial charge is 0.221 e. The van der Waals surface area contributed by atoms with E-state index in [-0.39, 0.29) is 18.4 Å². The van der Waals surface area contributed by atoms with Crippen molar-refractivity contribution < 1.29 is 12.8 Å². The van der Waals surface area contributed by atoms with E-state index in [1.54, 1.807) is 24.8 Å². The van der Waals surface area contributed by atoms with Crippen LogP contribution in [0.5, 0.6) is 0 Å². The highest BCUT2D eigenvalue weighted by Gasteiger charge is 2.40. The van der Waals surface area contributed by atoms with Crippen molar-refractivity contribution in [2.45, 2.75) is 57.0 Å². The van der Waals surface area contributed by atoms with Gasteiger partial charge in [-0.15, -0.1) is 10.2 Å². The van der Waals surface area contributed by atoms with Gasteiger partial charge in [0, 0.05) is 43.0 Å². The predicted molar refractivity (Wildman–Crippen MR) is 134 cm³/mol. The van der Waals surface area contributed by atoms with Gasteiger partial charge in [0.05, 0.1) is 0 Å². The molecule has 0 unspecified atom stereocenters. The van der Waals surface area contributed by atoms with Crippen molar-refractivity contribution in [3.05, 3.63) is 78.1 Å². The van der Waals surface area contributed by atoms with Crippen LogP contribution in [0.25, 0.3) is 0 Å². The van der Waals surface area contributed by atoms with Gasteiger partial charge in [-0.25, -0.2) is 12.8 Å². The first-order valence-corrected chi connectivity index (χ1v) is 13.8. The number of sulfonamides is 1. The second kappa shape index (κ2) is 9.70. The molecule has 186 valence electrons. The summed E-state index contributed by atoms with van der Waals surface area (Å²) in [6.07, 6.45) is 5.76. The molecule has 0 N–H and O–H groups in total. The van der Waals surface area contributed by atoms with Crippen LogP contribution in [0.1, 0.15) is 55.5 Å². The molecular weight excluding hydrogens is 465 g/mol. The molecule has 3 heterocycles. The summed E-state index contributed by atoms with van der Waals surface area (Å²) in [5, 5.41) is 7.25. The Morgan fingerprint density at radius 1 is 1.00 bits per heavy atom. The number of benzene rings is 2. The van der Waals surface area contributed by atoms with E-state index in [2.05, 4.69) is 26.6 Å². The molecule has 2 aliphatic heterocycles. The topological polar surface area (TPSA) is 71.3 Å². The summed E-state index contributed by atoms with van der Waals surface area (Å²) in [4.78, 5) is 2.20. The highest BCUT2D eigenvalue weighted by atomic mass is 32.2. The number of hydrogen-bond donors (Lipinski definition) is 0. The number of anilines is 1. The van der Waals surface area contributed by atoms with Gasteiger partial charge in [0.25, 0.3) is 0 Å². The fraction of sp³-hybridized carbons (Fsp3) is 0.462. The fourth-order valence-electron chi connectivity index (χ4n) is 5.57. The van der Waals surface area contributed by atoms with Gasteiger partial charge < -0.3 is 9.47 Å². The first-order valence-electron chi connectivity index (χ1n) is 12.3. The van der Waals surface area contributed by atoms with Gasteiger partial charge in [0.1, 0.15) is 23.7 Å². The summed E-state index contributed by atoms with van der Waals surface area (Å²) in [5.41, 5.74) is 2.03. The van der Waals surface area contributed by atoms with Crippen molar-refractivity contribution in [1.29, 1.82) is 0 Å². The quantitative estimate of drug-likeness (QED) is 0.517. The second-order valence-electron chi connectivity index (χ2n) is 9.88. The first kappa shape index (κ1) is 23.9. The van der Waals surface area contributed by atoms with E-state index in [1.807, 2.05) is 43.3 Å². The molecule has 2 fully saturated rings. The van der Waals surface area contributed by atoms with Crippen LogP contribution in [0, 0.1) is 11.7 Å². The Kier molecular flexibility index (Phi) is 6.63. The zero-order valence-electron chi connectivity index (χ0n) is 20.2. The molecule has 0 saturated carbocycles. The van der Waals surface area contributed by atoms with Gasteiger partial charge in [-0.3, -0.25) is 0 Å². The average molecular weight is 498 g/mol. The lowest BCUT2D eigenvalue weighted by Gasteiger charge is -2.39. The number of nitrogens with zero attached hydrogens (tertiary/aromatic N) is 5. The minimum atomic E-state index is -3.60. The molecular formula is C26H32FN5O2S. The molecule has 4 atom stereocenters. The Hall–Kier alpha value is -2.78. The number of piperidine rings is 1. The molecule has 0 bridgehead atoms. The SMILES string of the molecule is C[C@H]1CN(c2ccc(CN3[C@@H](C)CC[C@H](c4ccccc4)S3(=O)=O)c(F)c2)CC[C@@H]1n1cnnc1. The maximum absolute atomic E-state index is 15.3. The van der Waals surface area contributed by atoms with Crippen LogP contribution in [0.2, 0.25) is 0 Å². The Morgan fingerprint density at radius 3 is 2.43 bits per heavy atom. The zero-order valence-corrected chi connectivity index (χ0v) is 21.0. The molecule has 5 rings (SSSR count). The van der Waals surface area contributed by atoms with Crippen molar-refractivity contribution >= 4 is 15.7 Å². The van der Waals surface area contributed by atoms with Crippen molar-refractivity contribution in [3.8, 4) is 0 Å². The van der Waals surface area contributed by atoms with Crippen LogP contribution < -0.4 is 4.90 Å². The normalized spacial score (nSPS) is 27.1. The fourth-order valence-corrected chi connectivity index (χ4v) is 7.76. The molecule has 35 heavy (non-hydrogen) atoms. The van der Waals surface area contributed by atoms with Gasteiger partial charge >= 0.3 is 0 Å². The number of halogens is 1. The molecule has 3 aromatic rings. The summed E-state index contributed by atoms with van der Waals surface area (Å²) in [5.74, 6) is -0.00271. The molecule has 2 saturated heterocycles. The third-order valence-electron chi connectivity index (χ3n) is 7.60. The van der Waals surface area contributed by atoms with E-state index in [9.17, 15) is 8.42 Å². The number of rotatable bonds is 5. The summed E-state index contributed by atoms with van der Waals surface area (Å²) >= 11 is 0. The lowest BCUT2D eigenvalue weighted by atomic mass is 9.93. The van der Waals surface area contributed by atoms with E-state index in [0.29, 0.717) is 23.9 Å². The molecule has 1 aromatic heterocycles. The van der Waals surface area contributed by atoms with Gasteiger partial charge in [-0.2, -0.15) is 4.31 Å². The van der Waals surface area contributed by atoms with Crippen LogP contribution in [-0.4, -0.2) is 46.6 Å². The van der Waals surface area contributed by atoms with E-state index < -0.39 is 15.3 Å². The van der Waals surface area contributed by atoms with Gasteiger partial charge in [0.2, 0.25) is 10.0 Å². The Balaban J connectivity index is 1.31. The molecule has 0 amide bonds. The van der Waals surface area contributed by atoms with Gasteiger partial charge in [-0.1, -0.05) is 43.3 Å². The summed E-state index contributed by atoms with van der Waals surface area (Å²) in [7, 11) is -3.60. The van der Waals surface area contributed by atoms with Gasteiger partial charge in [0.15, 0.2) is 0 Å². The number of hydrogen-bond acceptors (Lipinski definition) is 5. The standard InChI is InChI=1S/C26H32FN5O2S/c1-19-15-30(13-12-25(19)31-17-28-29-18-31)23-10-9-22(24(27)14-23)16-32-20(2)8-11-26(35(32,33)34)21-6-4-3-5-7-21/h3-7,9-10,14,17-20,25-26H,8,11-13,15-16H2,1-2H3/t19-,20-,25-,26+/m0/s1. The predicted octanol–water partition coefficient (Wildman–Crippen LogP) is 4.56. The van der Waals surface area contributed by atoms with Crippen molar-refractivity contribution in [1.82, 2.24) is 19.1 Å². The molecule has 0 spiro atoms. The molecule has 0 aliphatic carbocycles. The van der Waals surface area contributed by atoms with Crippen LogP contribution in [0.4, 0.5) is 10.1 Å². The Bertz CT molecular complexity index is 1250. The molecule has 2 aromatic carbocycles. The van der Waals surface area contributed by atoms with E-state index in [0.717, 1.165) is 37.2 Å². The van der Waals surface area contributed by atoms with Crippen LogP contribution in [0.3, 0.4) is 0 Å². The highest BCUT2D eigenvalue weighted by Crippen LogP contribution is 2.38. The van der Waals surface area contributed by atoms with Crippen molar-refractivity contribution in [3.63, 3.8) is 0 Å². The Morgan fingerprint density at radius 2 is 1.74 bits per heavy atom. The first-order chi connectivity index (χ1) is 16.8. The second-order valence-corrected chi connectivity index (χ2v) is 11.9. The van der Waals surface area contributed by atoms with Crippen LogP contribution >= 0.6 is 0 Å².